The van der Waals surface area contributed by atoms with Crippen LogP contribution in [0.25, 0.3) is 55.4 Å². The third-order valence-corrected chi connectivity index (χ3v) is 8.63. The van der Waals surface area contributed by atoms with Crippen molar-refractivity contribution in [1.82, 2.24) is 9.97 Å². The van der Waals surface area contributed by atoms with Crippen LogP contribution in [0.15, 0.2) is 164 Å². The van der Waals surface area contributed by atoms with Crippen LogP contribution in [0.4, 0.5) is 17.1 Å². The second kappa shape index (κ2) is 10.7. The van der Waals surface area contributed by atoms with Gasteiger partial charge in [-0.05, 0) is 94.7 Å². The monoisotopic (exact) mass is 589 g/mol. The highest BCUT2D eigenvalue weighted by Crippen LogP contribution is 2.45. The molecule has 9 rings (SSSR count). The Kier molecular flexibility index (Phi) is 6.10. The van der Waals surface area contributed by atoms with Gasteiger partial charge in [-0.1, -0.05) is 91.0 Å². The van der Waals surface area contributed by atoms with Crippen LogP contribution in [0, 0.1) is 0 Å². The molecule has 0 aliphatic carbocycles. The predicted octanol–water partition coefficient (Wildman–Crippen LogP) is 11.4. The molecule has 1 aliphatic rings. The molecule has 0 N–H and O–H groups in total. The van der Waals surface area contributed by atoms with Gasteiger partial charge in [0.25, 0.3) is 0 Å². The fourth-order valence-corrected chi connectivity index (χ4v) is 6.40. The quantitative estimate of drug-likeness (QED) is 0.200. The Balaban J connectivity index is 1.06. The number of hydrogen-bond donors (Lipinski definition) is 0. The Labute approximate surface area is 266 Å². The van der Waals surface area contributed by atoms with Crippen molar-refractivity contribution < 1.29 is 4.74 Å². The first-order valence-electron chi connectivity index (χ1n) is 15.4. The highest BCUT2D eigenvalue weighted by atomic mass is 16.5. The van der Waals surface area contributed by atoms with E-state index in [2.05, 4.69) is 120 Å². The minimum absolute atomic E-state index is 0.708. The predicted molar refractivity (Wildman–Crippen MR) is 188 cm³/mol. The molecule has 7 aromatic carbocycles. The summed E-state index contributed by atoms with van der Waals surface area (Å²) in [6, 6.07) is 56.9. The standard InChI is InChI=1S/C42H27N3O/c1-3-10-33(11-4-1)45(34-12-5-2-6-13-34)35-24-22-28(23-25-35)29-18-19-31-27-32(21-20-30(31)26-29)42-43-37-15-9-17-39-40(37)41(44-42)36-14-7-8-16-38(36)46-39/h1-27H. The van der Waals surface area contributed by atoms with E-state index in [4.69, 9.17) is 14.7 Å². The van der Waals surface area contributed by atoms with Crippen molar-refractivity contribution >= 4 is 38.7 Å². The average molecular weight is 590 g/mol. The normalized spacial score (nSPS) is 11.7. The summed E-state index contributed by atoms with van der Waals surface area (Å²) in [5.41, 5.74) is 9.47. The number of nitrogens with zero attached hydrogens (tertiary/aromatic N) is 3. The van der Waals surface area contributed by atoms with Crippen molar-refractivity contribution in [2.45, 2.75) is 0 Å². The second-order valence-corrected chi connectivity index (χ2v) is 11.5. The van der Waals surface area contributed by atoms with E-state index in [0.717, 1.165) is 61.7 Å². The van der Waals surface area contributed by atoms with Gasteiger partial charge in [0.15, 0.2) is 5.82 Å². The highest BCUT2D eigenvalue weighted by molar-refractivity contribution is 6.01. The van der Waals surface area contributed by atoms with Gasteiger partial charge < -0.3 is 9.64 Å². The Morgan fingerprint density at radius 2 is 1.02 bits per heavy atom. The third-order valence-electron chi connectivity index (χ3n) is 8.63. The molecular formula is C42H27N3O. The van der Waals surface area contributed by atoms with Crippen molar-refractivity contribution in [3.8, 4) is 45.3 Å². The van der Waals surface area contributed by atoms with Gasteiger partial charge in [0, 0.05) is 28.2 Å². The molecule has 0 fully saturated rings. The summed E-state index contributed by atoms with van der Waals surface area (Å²) >= 11 is 0. The molecule has 0 amide bonds. The number of fused-ring (bicyclic) bond motifs is 3. The molecule has 0 radical (unpaired) electrons. The van der Waals surface area contributed by atoms with Crippen molar-refractivity contribution in [1.29, 1.82) is 0 Å². The van der Waals surface area contributed by atoms with Crippen LogP contribution in [0.3, 0.4) is 0 Å². The van der Waals surface area contributed by atoms with E-state index < -0.39 is 0 Å². The van der Waals surface area contributed by atoms with Crippen LogP contribution < -0.4 is 9.64 Å². The summed E-state index contributed by atoms with van der Waals surface area (Å²) < 4.78 is 6.18. The highest BCUT2D eigenvalue weighted by Gasteiger charge is 2.23. The lowest BCUT2D eigenvalue weighted by atomic mass is 9.99. The Morgan fingerprint density at radius 1 is 0.435 bits per heavy atom. The molecule has 0 saturated carbocycles. The fourth-order valence-electron chi connectivity index (χ4n) is 6.40. The number of hydrogen-bond acceptors (Lipinski definition) is 4. The number of ether oxygens (including phenoxy) is 1. The molecule has 0 saturated heterocycles. The second-order valence-electron chi connectivity index (χ2n) is 11.5. The van der Waals surface area contributed by atoms with Crippen molar-refractivity contribution in [2.24, 2.45) is 0 Å². The van der Waals surface area contributed by atoms with Gasteiger partial charge in [-0.25, -0.2) is 9.97 Å². The van der Waals surface area contributed by atoms with E-state index in [1.807, 2.05) is 48.5 Å². The van der Waals surface area contributed by atoms with E-state index in [9.17, 15) is 0 Å². The molecule has 2 heterocycles. The van der Waals surface area contributed by atoms with Crippen molar-refractivity contribution in [2.75, 3.05) is 4.90 Å². The Hall–Kier alpha value is -6.26. The zero-order chi connectivity index (χ0) is 30.5. The summed E-state index contributed by atoms with van der Waals surface area (Å²) in [6.45, 7) is 0. The van der Waals surface area contributed by atoms with Gasteiger partial charge in [0.05, 0.1) is 16.6 Å². The van der Waals surface area contributed by atoms with Crippen LogP contribution in [-0.2, 0) is 0 Å². The fraction of sp³-hybridized carbons (Fsp3) is 0. The summed E-state index contributed by atoms with van der Waals surface area (Å²) in [5.74, 6) is 2.32. The summed E-state index contributed by atoms with van der Waals surface area (Å²) in [5, 5.41) is 3.27. The maximum Gasteiger partial charge on any atom is 0.160 e. The molecule has 0 spiro atoms. The molecule has 8 aromatic rings. The lowest BCUT2D eigenvalue weighted by Gasteiger charge is -2.25. The number of para-hydroxylation sites is 3. The van der Waals surface area contributed by atoms with Crippen molar-refractivity contribution in [3.05, 3.63) is 164 Å². The van der Waals surface area contributed by atoms with Gasteiger partial charge >= 0.3 is 0 Å². The molecule has 0 bridgehead atoms. The molecule has 216 valence electrons. The largest absolute Gasteiger partial charge is 0.456 e. The number of benzene rings is 7. The van der Waals surface area contributed by atoms with Crippen molar-refractivity contribution in [3.63, 3.8) is 0 Å². The van der Waals surface area contributed by atoms with E-state index >= 15 is 0 Å². The number of anilines is 3. The number of aromatic nitrogens is 2. The van der Waals surface area contributed by atoms with Gasteiger partial charge in [-0.3, -0.25) is 0 Å². The summed E-state index contributed by atoms with van der Waals surface area (Å²) in [4.78, 5) is 12.3. The molecule has 1 aliphatic heterocycles. The zero-order valence-corrected chi connectivity index (χ0v) is 24.8. The molecule has 0 unspecified atom stereocenters. The molecular weight excluding hydrogens is 562 g/mol. The first kappa shape index (κ1) is 26.2. The van der Waals surface area contributed by atoms with E-state index in [1.165, 1.54) is 16.5 Å². The van der Waals surface area contributed by atoms with Gasteiger partial charge in [-0.15, -0.1) is 0 Å². The third kappa shape index (κ3) is 4.47. The smallest absolute Gasteiger partial charge is 0.160 e. The SMILES string of the molecule is c1ccc(N(c2ccccc2)c2ccc(-c3ccc4cc(-c5nc6c7c(cccc7n5)Oc5ccccc5-6)ccc4c3)cc2)cc1. The van der Waals surface area contributed by atoms with Gasteiger partial charge in [0.1, 0.15) is 11.5 Å². The van der Waals surface area contributed by atoms with E-state index in [0.29, 0.717) is 5.82 Å². The summed E-state index contributed by atoms with van der Waals surface area (Å²) in [7, 11) is 0. The van der Waals surface area contributed by atoms with E-state index in [-0.39, 0.29) is 0 Å². The Bertz CT molecular complexity index is 2350. The molecule has 0 atom stereocenters. The minimum Gasteiger partial charge on any atom is -0.456 e. The molecule has 1 aromatic heterocycles. The van der Waals surface area contributed by atoms with Crippen LogP contribution in [0.1, 0.15) is 0 Å². The lowest BCUT2D eigenvalue weighted by molar-refractivity contribution is 0.486. The minimum atomic E-state index is 0.708. The maximum absolute atomic E-state index is 6.18. The molecule has 4 heteroatoms. The van der Waals surface area contributed by atoms with Crippen LogP contribution in [0.2, 0.25) is 0 Å². The van der Waals surface area contributed by atoms with Crippen LogP contribution in [-0.4, -0.2) is 9.97 Å². The molecule has 46 heavy (non-hydrogen) atoms. The average Bonchev–Trinajstić information content (AvgIpc) is 3.12. The lowest BCUT2D eigenvalue weighted by Crippen LogP contribution is -2.09. The van der Waals surface area contributed by atoms with Crippen LogP contribution >= 0.6 is 0 Å². The number of rotatable bonds is 5. The Morgan fingerprint density at radius 3 is 1.76 bits per heavy atom. The van der Waals surface area contributed by atoms with Crippen LogP contribution in [0.5, 0.6) is 11.5 Å². The van der Waals surface area contributed by atoms with Gasteiger partial charge in [0.2, 0.25) is 0 Å². The summed E-state index contributed by atoms with van der Waals surface area (Å²) in [6.07, 6.45) is 0. The van der Waals surface area contributed by atoms with E-state index in [1.54, 1.807) is 0 Å². The van der Waals surface area contributed by atoms with Gasteiger partial charge in [-0.2, -0.15) is 0 Å². The first-order chi connectivity index (χ1) is 22.8. The molecule has 4 nitrogen and oxygen atoms in total. The zero-order valence-electron chi connectivity index (χ0n) is 24.8. The maximum atomic E-state index is 6.18. The first-order valence-corrected chi connectivity index (χ1v) is 15.4. The topological polar surface area (TPSA) is 38.2 Å².